The number of nitrogens with zero attached hydrogens (tertiary/aromatic N) is 3. The Morgan fingerprint density at radius 2 is 1.89 bits per heavy atom. The highest BCUT2D eigenvalue weighted by Gasteiger charge is 2.23. The number of benzene rings is 3. The molecular weight excluding hydrogens is 503 g/mol. The van der Waals surface area contributed by atoms with Gasteiger partial charge in [-0.3, -0.25) is 9.36 Å². The molecule has 0 radical (unpaired) electrons. The average Bonchev–Trinajstić information content (AvgIpc) is 3.27. The summed E-state index contributed by atoms with van der Waals surface area (Å²) < 4.78 is 7.11. The summed E-state index contributed by atoms with van der Waals surface area (Å²) in [5.74, 6) is 1.62. The number of hydrogen-bond acceptors (Lipinski definition) is 5. The number of aryl methyl sites for hydroxylation is 1. The van der Waals surface area contributed by atoms with Crippen LogP contribution < -0.4 is 10.1 Å². The molecule has 0 aliphatic heterocycles. The number of aromatic nitrogens is 3. The van der Waals surface area contributed by atoms with E-state index in [0.29, 0.717) is 43.8 Å². The summed E-state index contributed by atoms with van der Waals surface area (Å²) in [7, 11) is 1.56. The van der Waals surface area contributed by atoms with Gasteiger partial charge in [0.25, 0.3) is 5.91 Å². The molecule has 3 aromatic carbocycles. The number of halogens is 2. The Morgan fingerprint density at radius 3 is 2.63 bits per heavy atom. The fraction of sp³-hybridized carbons (Fsp3) is 0.192. The number of rotatable bonds is 8. The van der Waals surface area contributed by atoms with Crippen LogP contribution in [0.15, 0.2) is 71.9 Å². The summed E-state index contributed by atoms with van der Waals surface area (Å²) in [4.78, 5) is 12.9. The average molecular weight is 527 g/mol. The zero-order valence-electron chi connectivity index (χ0n) is 19.5. The second-order valence-electron chi connectivity index (χ2n) is 7.91. The van der Waals surface area contributed by atoms with Crippen LogP contribution in [0, 0.1) is 6.92 Å². The Morgan fingerprint density at radius 1 is 1.09 bits per heavy atom. The molecule has 1 atom stereocenters. The van der Waals surface area contributed by atoms with Crippen molar-refractivity contribution in [2.75, 3.05) is 7.11 Å². The van der Waals surface area contributed by atoms with E-state index in [0.717, 1.165) is 0 Å². The van der Waals surface area contributed by atoms with E-state index in [1.165, 1.54) is 11.1 Å². The Bertz CT molecular complexity index is 1360. The summed E-state index contributed by atoms with van der Waals surface area (Å²) in [5.41, 5.74) is 3.58. The molecule has 180 valence electrons. The van der Waals surface area contributed by atoms with Gasteiger partial charge in [0, 0.05) is 16.3 Å². The van der Waals surface area contributed by atoms with Crippen molar-refractivity contribution < 1.29 is 9.53 Å². The molecule has 6 nitrogen and oxygen atoms in total. The van der Waals surface area contributed by atoms with Crippen LogP contribution in [0.5, 0.6) is 5.75 Å². The number of methoxy groups -OCH3 is 1. The van der Waals surface area contributed by atoms with E-state index in [1.54, 1.807) is 55.3 Å². The smallest absolute Gasteiger partial charge is 0.251 e. The first-order chi connectivity index (χ1) is 16.9. The molecule has 4 aromatic rings. The highest BCUT2D eigenvalue weighted by molar-refractivity contribution is 7.98. The summed E-state index contributed by atoms with van der Waals surface area (Å²) in [6, 6.07) is 20.0. The summed E-state index contributed by atoms with van der Waals surface area (Å²) >= 11 is 14.3. The molecule has 1 amide bonds. The predicted octanol–water partition coefficient (Wildman–Crippen LogP) is 6.67. The SMILES string of the molecule is COc1cccc(C(=O)NC(C)c2nnc(SCc3ccccc3C)n2-c2ccc(Cl)cc2Cl)c1. The second kappa shape index (κ2) is 11.2. The van der Waals surface area contributed by atoms with Gasteiger partial charge in [-0.05, 0) is 61.4 Å². The van der Waals surface area contributed by atoms with E-state index >= 15 is 0 Å². The fourth-order valence-electron chi connectivity index (χ4n) is 3.57. The maximum Gasteiger partial charge on any atom is 0.251 e. The molecule has 1 N–H and O–H groups in total. The third kappa shape index (κ3) is 5.81. The van der Waals surface area contributed by atoms with E-state index < -0.39 is 6.04 Å². The molecule has 35 heavy (non-hydrogen) atoms. The quantitative estimate of drug-likeness (QED) is 0.259. The van der Waals surface area contributed by atoms with Crippen molar-refractivity contribution in [3.05, 3.63) is 99.3 Å². The number of nitrogens with one attached hydrogen (secondary N) is 1. The van der Waals surface area contributed by atoms with Gasteiger partial charge < -0.3 is 10.1 Å². The van der Waals surface area contributed by atoms with Gasteiger partial charge in [-0.15, -0.1) is 10.2 Å². The first-order valence-electron chi connectivity index (χ1n) is 10.9. The predicted molar refractivity (Wildman–Crippen MR) is 141 cm³/mol. The lowest BCUT2D eigenvalue weighted by atomic mass is 10.1. The molecule has 1 heterocycles. The summed E-state index contributed by atoms with van der Waals surface area (Å²) in [5, 5.41) is 13.5. The molecule has 4 rings (SSSR count). The molecule has 9 heteroatoms. The molecule has 0 saturated carbocycles. The van der Waals surface area contributed by atoms with Crippen LogP contribution in [0.4, 0.5) is 0 Å². The van der Waals surface area contributed by atoms with Crippen molar-refractivity contribution in [3.8, 4) is 11.4 Å². The zero-order valence-corrected chi connectivity index (χ0v) is 21.8. The molecule has 0 aliphatic rings. The first-order valence-corrected chi connectivity index (χ1v) is 12.6. The monoisotopic (exact) mass is 526 g/mol. The van der Waals surface area contributed by atoms with Crippen molar-refractivity contribution in [1.29, 1.82) is 0 Å². The van der Waals surface area contributed by atoms with E-state index in [9.17, 15) is 4.79 Å². The lowest BCUT2D eigenvalue weighted by Crippen LogP contribution is -2.28. The van der Waals surface area contributed by atoms with Crippen LogP contribution in [0.1, 0.15) is 40.3 Å². The Labute approximate surface area is 218 Å². The first kappa shape index (κ1) is 25.1. The van der Waals surface area contributed by atoms with Crippen LogP contribution >= 0.6 is 35.0 Å². The lowest BCUT2D eigenvalue weighted by molar-refractivity contribution is 0.0937. The van der Waals surface area contributed by atoms with Crippen molar-refractivity contribution >= 4 is 40.9 Å². The Balaban J connectivity index is 1.66. The number of carbonyl (C=O) groups excluding carboxylic acids is 1. The number of ether oxygens (including phenoxy) is 1. The topological polar surface area (TPSA) is 69.0 Å². The van der Waals surface area contributed by atoms with E-state index in [2.05, 4.69) is 34.6 Å². The maximum absolute atomic E-state index is 12.9. The van der Waals surface area contributed by atoms with Gasteiger partial charge in [-0.25, -0.2) is 0 Å². The molecule has 1 aromatic heterocycles. The van der Waals surface area contributed by atoms with Gasteiger partial charge in [0.15, 0.2) is 11.0 Å². The summed E-state index contributed by atoms with van der Waals surface area (Å²) in [6.07, 6.45) is 0. The van der Waals surface area contributed by atoms with Crippen LogP contribution in [0.2, 0.25) is 10.0 Å². The maximum atomic E-state index is 12.9. The second-order valence-corrected chi connectivity index (χ2v) is 9.70. The molecule has 0 aliphatic carbocycles. The van der Waals surface area contributed by atoms with Crippen LogP contribution in [-0.4, -0.2) is 27.8 Å². The van der Waals surface area contributed by atoms with E-state index in [-0.39, 0.29) is 5.91 Å². The van der Waals surface area contributed by atoms with Crippen molar-refractivity contribution in [2.45, 2.75) is 30.8 Å². The van der Waals surface area contributed by atoms with Crippen molar-refractivity contribution in [2.24, 2.45) is 0 Å². The zero-order chi connectivity index (χ0) is 24.9. The molecule has 1 unspecified atom stereocenters. The van der Waals surface area contributed by atoms with Crippen molar-refractivity contribution in [3.63, 3.8) is 0 Å². The lowest BCUT2D eigenvalue weighted by Gasteiger charge is -2.17. The van der Waals surface area contributed by atoms with Gasteiger partial charge in [0.2, 0.25) is 0 Å². The number of thioether (sulfide) groups is 1. The highest BCUT2D eigenvalue weighted by atomic mass is 35.5. The minimum Gasteiger partial charge on any atom is -0.497 e. The van der Waals surface area contributed by atoms with Gasteiger partial charge in [-0.1, -0.05) is 65.3 Å². The van der Waals surface area contributed by atoms with Crippen LogP contribution in [0.3, 0.4) is 0 Å². The summed E-state index contributed by atoms with van der Waals surface area (Å²) in [6.45, 7) is 3.94. The largest absolute Gasteiger partial charge is 0.497 e. The van der Waals surface area contributed by atoms with Gasteiger partial charge in [-0.2, -0.15) is 0 Å². The van der Waals surface area contributed by atoms with E-state index in [4.69, 9.17) is 27.9 Å². The highest BCUT2D eigenvalue weighted by Crippen LogP contribution is 2.32. The minimum atomic E-state index is -0.458. The molecule has 0 spiro atoms. The Kier molecular flexibility index (Phi) is 8.00. The van der Waals surface area contributed by atoms with Gasteiger partial charge >= 0.3 is 0 Å². The molecular formula is C26H24Cl2N4O2S. The van der Waals surface area contributed by atoms with Crippen LogP contribution in [-0.2, 0) is 5.75 Å². The number of amides is 1. The number of carbonyl (C=O) groups is 1. The van der Waals surface area contributed by atoms with Gasteiger partial charge in [0.1, 0.15) is 5.75 Å². The molecule has 0 fully saturated rings. The van der Waals surface area contributed by atoms with Crippen molar-refractivity contribution in [1.82, 2.24) is 20.1 Å². The van der Waals surface area contributed by atoms with E-state index in [1.807, 2.05) is 29.7 Å². The molecule has 0 bridgehead atoms. The third-order valence-corrected chi connectivity index (χ3v) is 7.01. The van der Waals surface area contributed by atoms with Gasteiger partial charge in [0.05, 0.1) is 23.9 Å². The molecule has 0 saturated heterocycles. The normalized spacial score (nSPS) is 11.8. The third-order valence-electron chi connectivity index (χ3n) is 5.49. The number of hydrogen-bond donors (Lipinski definition) is 1. The standard InChI is InChI=1S/C26H24Cl2N4O2S/c1-16-7-4-5-8-19(16)15-35-26-31-30-24(32(26)23-12-11-20(27)14-22(23)28)17(2)29-25(33)18-9-6-10-21(13-18)34-3/h4-14,17H,15H2,1-3H3,(H,29,33). The fourth-order valence-corrected chi connectivity index (χ4v) is 5.09. The minimum absolute atomic E-state index is 0.248. The Hall–Kier alpha value is -3.00. The van der Waals surface area contributed by atoms with Crippen LogP contribution in [0.25, 0.3) is 5.69 Å².